The van der Waals surface area contributed by atoms with E-state index in [1.807, 2.05) is 31.2 Å². The normalized spacial score (nSPS) is 12.2. The summed E-state index contributed by atoms with van der Waals surface area (Å²) < 4.78 is 0. The van der Waals surface area contributed by atoms with Gasteiger partial charge in [-0.25, -0.2) is 0 Å². The molecule has 0 radical (unpaired) electrons. The van der Waals surface area contributed by atoms with Gasteiger partial charge in [-0.15, -0.1) is 0 Å². The summed E-state index contributed by atoms with van der Waals surface area (Å²) in [6.07, 6.45) is 3.05. The van der Waals surface area contributed by atoms with E-state index >= 15 is 0 Å². The molecule has 82 valence electrons. The lowest BCUT2D eigenvalue weighted by molar-refractivity contribution is -0.107. The number of hydrogen-bond donors (Lipinski definition) is 0. The second-order valence-corrected chi connectivity index (χ2v) is 3.99. The van der Waals surface area contributed by atoms with E-state index in [1.54, 1.807) is 4.90 Å². The van der Waals surface area contributed by atoms with Crippen molar-refractivity contribution in [1.29, 1.82) is 0 Å². The zero-order valence-electron chi connectivity index (χ0n) is 9.73. The predicted molar refractivity (Wildman–Crippen MR) is 64.1 cm³/mol. The van der Waals surface area contributed by atoms with E-state index in [0.29, 0.717) is 0 Å². The fraction of sp³-hybridized carbons (Fsp3) is 0.462. The van der Waals surface area contributed by atoms with Gasteiger partial charge in [0.05, 0.1) is 0 Å². The Hall–Kier alpha value is -1.31. The fourth-order valence-corrected chi connectivity index (χ4v) is 1.69. The lowest BCUT2D eigenvalue weighted by Crippen LogP contribution is -2.31. The number of carbonyl (C=O) groups excluding carboxylic acids is 1. The zero-order valence-corrected chi connectivity index (χ0v) is 9.73. The van der Waals surface area contributed by atoms with Crippen molar-refractivity contribution >= 4 is 12.1 Å². The Morgan fingerprint density at radius 3 is 2.40 bits per heavy atom. The van der Waals surface area contributed by atoms with Gasteiger partial charge in [0, 0.05) is 11.7 Å². The highest BCUT2D eigenvalue weighted by atomic mass is 16.1. The average molecular weight is 205 g/mol. The van der Waals surface area contributed by atoms with Crippen molar-refractivity contribution in [3.05, 3.63) is 29.8 Å². The Bertz CT molecular complexity index is 305. The molecular weight excluding hydrogens is 186 g/mol. The monoisotopic (exact) mass is 205 g/mol. The van der Waals surface area contributed by atoms with Crippen LogP contribution in [-0.2, 0) is 4.79 Å². The molecule has 0 heterocycles. The van der Waals surface area contributed by atoms with Crippen molar-refractivity contribution in [2.45, 2.75) is 39.7 Å². The first-order valence-corrected chi connectivity index (χ1v) is 5.49. The molecule has 0 aliphatic heterocycles. The van der Waals surface area contributed by atoms with E-state index in [2.05, 4.69) is 13.8 Å². The SMILES string of the molecule is CCCC(C)N(C=O)c1ccc(C)cc1. The third-order valence-corrected chi connectivity index (χ3v) is 2.63. The molecule has 0 aliphatic rings. The topological polar surface area (TPSA) is 20.3 Å². The van der Waals surface area contributed by atoms with Crippen molar-refractivity contribution < 1.29 is 4.79 Å². The summed E-state index contributed by atoms with van der Waals surface area (Å²) in [5.41, 5.74) is 2.20. The first kappa shape index (κ1) is 11.8. The molecule has 1 atom stereocenters. The van der Waals surface area contributed by atoms with Gasteiger partial charge in [-0.3, -0.25) is 4.79 Å². The van der Waals surface area contributed by atoms with Gasteiger partial charge in [0.25, 0.3) is 0 Å². The number of hydrogen-bond acceptors (Lipinski definition) is 1. The smallest absolute Gasteiger partial charge is 0.214 e. The zero-order chi connectivity index (χ0) is 11.3. The van der Waals surface area contributed by atoms with Gasteiger partial charge < -0.3 is 4.90 Å². The molecule has 1 aromatic rings. The maximum atomic E-state index is 11.0. The molecule has 0 fully saturated rings. The van der Waals surface area contributed by atoms with Crippen LogP contribution in [0.15, 0.2) is 24.3 Å². The molecule has 0 saturated carbocycles. The highest BCUT2D eigenvalue weighted by Crippen LogP contribution is 2.18. The van der Waals surface area contributed by atoms with Crippen LogP contribution >= 0.6 is 0 Å². The fourth-order valence-electron chi connectivity index (χ4n) is 1.69. The molecule has 1 rings (SSSR count). The Morgan fingerprint density at radius 1 is 1.33 bits per heavy atom. The minimum atomic E-state index is 0.273. The molecule has 0 aromatic heterocycles. The minimum Gasteiger partial charge on any atom is -0.312 e. The third kappa shape index (κ3) is 3.08. The van der Waals surface area contributed by atoms with Gasteiger partial charge in [0.15, 0.2) is 0 Å². The van der Waals surface area contributed by atoms with Gasteiger partial charge in [0.2, 0.25) is 6.41 Å². The van der Waals surface area contributed by atoms with Gasteiger partial charge in [-0.1, -0.05) is 31.0 Å². The van der Waals surface area contributed by atoms with Crippen LogP contribution < -0.4 is 4.90 Å². The van der Waals surface area contributed by atoms with E-state index < -0.39 is 0 Å². The van der Waals surface area contributed by atoms with Crippen molar-refractivity contribution in [3.63, 3.8) is 0 Å². The minimum absolute atomic E-state index is 0.273. The molecule has 0 N–H and O–H groups in total. The van der Waals surface area contributed by atoms with Gasteiger partial charge in [0.1, 0.15) is 0 Å². The second-order valence-electron chi connectivity index (χ2n) is 3.99. The largest absolute Gasteiger partial charge is 0.312 e. The van der Waals surface area contributed by atoms with Crippen LogP contribution in [0.25, 0.3) is 0 Å². The predicted octanol–water partition coefficient (Wildman–Crippen LogP) is 3.15. The van der Waals surface area contributed by atoms with Crippen LogP contribution in [0.1, 0.15) is 32.3 Å². The number of aryl methyl sites for hydroxylation is 1. The van der Waals surface area contributed by atoms with Crippen molar-refractivity contribution in [1.82, 2.24) is 0 Å². The van der Waals surface area contributed by atoms with E-state index in [9.17, 15) is 4.79 Å². The molecule has 2 heteroatoms. The van der Waals surface area contributed by atoms with Crippen LogP contribution in [0.3, 0.4) is 0 Å². The quantitative estimate of drug-likeness (QED) is 0.676. The average Bonchev–Trinajstić information content (AvgIpc) is 2.22. The lowest BCUT2D eigenvalue weighted by Gasteiger charge is -2.24. The van der Waals surface area contributed by atoms with Gasteiger partial charge in [-0.05, 0) is 32.4 Å². The Kier molecular flexibility index (Phi) is 4.35. The molecule has 1 amide bonds. The highest BCUT2D eigenvalue weighted by molar-refractivity contribution is 5.75. The maximum Gasteiger partial charge on any atom is 0.214 e. The molecule has 2 nitrogen and oxygen atoms in total. The second kappa shape index (κ2) is 5.54. The van der Waals surface area contributed by atoms with Crippen molar-refractivity contribution in [2.75, 3.05) is 4.90 Å². The summed E-state index contributed by atoms with van der Waals surface area (Å²) in [6.45, 7) is 6.26. The Morgan fingerprint density at radius 2 is 1.93 bits per heavy atom. The molecule has 15 heavy (non-hydrogen) atoms. The standard InChI is InChI=1S/C13H19NO/c1-4-5-12(3)14(10-15)13-8-6-11(2)7-9-13/h6-10,12H,4-5H2,1-3H3. The van der Waals surface area contributed by atoms with Crippen LogP contribution in [0.4, 0.5) is 5.69 Å². The van der Waals surface area contributed by atoms with Crippen LogP contribution in [-0.4, -0.2) is 12.5 Å². The van der Waals surface area contributed by atoms with Crippen molar-refractivity contribution in [2.24, 2.45) is 0 Å². The molecule has 1 unspecified atom stereocenters. The lowest BCUT2D eigenvalue weighted by atomic mass is 10.1. The maximum absolute atomic E-state index is 11.0. The number of anilines is 1. The van der Waals surface area contributed by atoms with Gasteiger partial charge >= 0.3 is 0 Å². The van der Waals surface area contributed by atoms with Crippen molar-refractivity contribution in [3.8, 4) is 0 Å². The van der Waals surface area contributed by atoms with Crippen LogP contribution in [0.2, 0.25) is 0 Å². The highest BCUT2D eigenvalue weighted by Gasteiger charge is 2.12. The van der Waals surface area contributed by atoms with E-state index in [0.717, 1.165) is 24.9 Å². The number of benzene rings is 1. The third-order valence-electron chi connectivity index (χ3n) is 2.63. The summed E-state index contributed by atoms with van der Waals surface area (Å²) in [6, 6.07) is 8.33. The molecule has 0 saturated heterocycles. The van der Waals surface area contributed by atoms with E-state index in [1.165, 1.54) is 5.56 Å². The number of rotatable bonds is 5. The molecule has 0 aliphatic carbocycles. The Labute approximate surface area is 91.9 Å². The summed E-state index contributed by atoms with van der Waals surface area (Å²) in [5.74, 6) is 0. The van der Waals surface area contributed by atoms with Crippen LogP contribution in [0.5, 0.6) is 0 Å². The summed E-state index contributed by atoms with van der Waals surface area (Å²) in [5, 5.41) is 0. The molecular formula is C13H19NO. The number of amides is 1. The molecule has 0 bridgehead atoms. The first-order chi connectivity index (χ1) is 7.19. The molecule has 0 spiro atoms. The van der Waals surface area contributed by atoms with Gasteiger partial charge in [-0.2, -0.15) is 0 Å². The summed E-state index contributed by atoms with van der Waals surface area (Å²) in [4.78, 5) is 12.8. The number of nitrogens with zero attached hydrogens (tertiary/aromatic N) is 1. The Balaban J connectivity index is 2.82. The number of carbonyl (C=O) groups is 1. The summed E-state index contributed by atoms with van der Waals surface area (Å²) in [7, 11) is 0. The summed E-state index contributed by atoms with van der Waals surface area (Å²) >= 11 is 0. The van der Waals surface area contributed by atoms with E-state index in [-0.39, 0.29) is 6.04 Å². The molecule has 1 aromatic carbocycles. The first-order valence-electron chi connectivity index (χ1n) is 5.49. The van der Waals surface area contributed by atoms with E-state index in [4.69, 9.17) is 0 Å². The van der Waals surface area contributed by atoms with Crippen LogP contribution in [0, 0.1) is 6.92 Å².